The van der Waals surface area contributed by atoms with Crippen LogP contribution in [0.25, 0.3) is 0 Å². The van der Waals surface area contributed by atoms with Crippen LogP contribution in [0.4, 0.5) is 0 Å². The van der Waals surface area contributed by atoms with Crippen molar-refractivity contribution in [2.45, 2.75) is 44.1 Å². The second-order valence-corrected chi connectivity index (χ2v) is 5.58. The number of hydrogen-bond acceptors (Lipinski definition) is 3. The first-order valence-corrected chi connectivity index (χ1v) is 6.73. The van der Waals surface area contributed by atoms with E-state index in [1.54, 1.807) is 7.11 Å². The molecule has 17 heavy (non-hydrogen) atoms. The van der Waals surface area contributed by atoms with Gasteiger partial charge in [0.2, 0.25) is 5.91 Å². The summed E-state index contributed by atoms with van der Waals surface area (Å²) < 4.78 is 5.19. The zero-order chi connectivity index (χ0) is 12.3. The quantitative estimate of drug-likeness (QED) is 0.805. The van der Waals surface area contributed by atoms with E-state index in [4.69, 9.17) is 10.5 Å². The molecule has 0 aromatic heterocycles. The summed E-state index contributed by atoms with van der Waals surface area (Å²) in [6.45, 7) is 2.45. The first-order valence-electron chi connectivity index (χ1n) is 6.73. The number of piperidine rings is 1. The van der Waals surface area contributed by atoms with Crippen molar-refractivity contribution >= 4 is 5.91 Å². The van der Waals surface area contributed by atoms with E-state index in [9.17, 15) is 4.79 Å². The second kappa shape index (κ2) is 5.36. The standard InChI is InChI=1S/C13H24N2O2/c1-17-10-11-5-4-8-15(9-11)12(16)13(14)6-2-3-7-13/h11H,2-10,14H2,1H3. The summed E-state index contributed by atoms with van der Waals surface area (Å²) in [4.78, 5) is 14.4. The lowest BCUT2D eigenvalue weighted by Crippen LogP contribution is -2.56. The number of methoxy groups -OCH3 is 1. The molecule has 0 radical (unpaired) electrons. The van der Waals surface area contributed by atoms with E-state index in [1.807, 2.05) is 4.90 Å². The molecule has 0 aromatic rings. The van der Waals surface area contributed by atoms with E-state index >= 15 is 0 Å². The molecule has 1 saturated heterocycles. The van der Waals surface area contributed by atoms with Crippen LogP contribution in [0.2, 0.25) is 0 Å². The molecule has 1 heterocycles. The average molecular weight is 240 g/mol. The minimum Gasteiger partial charge on any atom is -0.384 e. The largest absolute Gasteiger partial charge is 0.384 e. The van der Waals surface area contributed by atoms with Crippen molar-refractivity contribution in [3.8, 4) is 0 Å². The number of rotatable bonds is 3. The maximum atomic E-state index is 12.4. The van der Waals surface area contributed by atoms with Crippen LogP contribution in [-0.2, 0) is 9.53 Å². The van der Waals surface area contributed by atoms with Crippen LogP contribution in [-0.4, -0.2) is 43.2 Å². The molecule has 2 N–H and O–H groups in total. The smallest absolute Gasteiger partial charge is 0.242 e. The predicted molar refractivity (Wildman–Crippen MR) is 66.6 cm³/mol. The van der Waals surface area contributed by atoms with Gasteiger partial charge in [0.1, 0.15) is 0 Å². The number of nitrogens with zero attached hydrogens (tertiary/aromatic N) is 1. The van der Waals surface area contributed by atoms with Gasteiger partial charge in [0.05, 0.1) is 12.1 Å². The van der Waals surface area contributed by atoms with Crippen molar-refractivity contribution in [3.63, 3.8) is 0 Å². The van der Waals surface area contributed by atoms with Crippen LogP contribution in [0.5, 0.6) is 0 Å². The normalized spacial score (nSPS) is 28.4. The lowest BCUT2D eigenvalue weighted by Gasteiger charge is -2.37. The summed E-state index contributed by atoms with van der Waals surface area (Å²) in [5.41, 5.74) is 5.67. The molecular formula is C13H24N2O2. The molecule has 0 bridgehead atoms. The maximum Gasteiger partial charge on any atom is 0.242 e. The van der Waals surface area contributed by atoms with E-state index in [1.165, 1.54) is 0 Å². The van der Waals surface area contributed by atoms with Gasteiger partial charge in [-0.15, -0.1) is 0 Å². The first-order chi connectivity index (χ1) is 8.15. The molecule has 1 aliphatic carbocycles. The highest BCUT2D eigenvalue weighted by atomic mass is 16.5. The fourth-order valence-corrected chi connectivity index (χ4v) is 3.16. The van der Waals surface area contributed by atoms with Crippen molar-refractivity contribution in [1.82, 2.24) is 4.90 Å². The van der Waals surface area contributed by atoms with Crippen molar-refractivity contribution in [1.29, 1.82) is 0 Å². The summed E-state index contributed by atoms with van der Waals surface area (Å²) in [5, 5.41) is 0. The second-order valence-electron chi connectivity index (χ2n) is 5.58. The van der Waals surface area contributed by atoms with E-state index in [0.29, 0.717) is 5.92 Å². The zero-order valence-corrected chi connectivity index (χ0v) is 10.8. The number of carbonyl (C=O) groups excluding carboxylic acids is 1. The molecule has 1 aliphatic heterocycles. The van der Waals surface area contributed by atoms with E-state index in [-0.39, 0.29) is 5.91 Å². The fourth-order valence-electron chi connectivity index (χ4n) is 3.16. The molecule has 4 nitrogen and oxygen atoms in total. The first kappa shape index (κ1) is 12.8. The molecule has 1 saturated carbocycles. The molecule has 4 heteroatoms. The van der Waals surface area contributed by atoms with Crippen LogP contribution in [0.15, 0.2) is 0 Å². The Morgan fingerprint density at radius 2 is 2.12 bits per heavy atom. The monoisotopic (exact) mass is 240 g/mol. The van der Waals surface area contributed by atoms with E-state index < -0.39 is 5.54 Å². The molecule has 2 fully saturated rings. The van der Waals surface area contributed by atoms with Crippen molar-refractivity contribution in [3.05, 3.63) is 0 Å². The summed E-state index contributed by atoms with van der Waals surface area (Å²) in [5.74, 6) is 0.665. The average Bonchev–Trinajstić information content (AvgIpc) is 2.77. The Hall–Kier alpha value is -0.610. The summed E-state index contributed by atoms with van der Waals surface area (Å²) in [6, 6.07) is 0. The highest BCUT2D eigenvalue weighted by molar-refractivity contribution is 5.86. The topological polar surface area (TPSA) is 55.6 Å². The predicted octanol–water partition coefficient (Wildman–Crippen LogP) is 1.14. The fraction of sp³-hybridized carbons (Fsp3) is 0.923. The van der Waals surface area contributed by atoms with E-state index in [2.05, 4.69) is 0 Å². The van der Waals surface area contributed by atoms with E-state index in [0.717, 1.165) is 58.2 Å². The SMILES string of the molecule is COCC1CCCN(C(=O)C2(N)CCCC2)C1. The lowest BCUT2D eigenvalue weighted by molar-refractivity contribution is -0.139. The van der Waals surface area contributed by atoms with Crippen LogP contribution in [0, 0.1) is 5.92 Å². The molecule has 2 rings (SSSR count). The Kier molecular flexibility index (Phi) is 4.05. The van der Waals surface area contributed by atoms with Gasteiger partial charge in [0, 0.05) is 20.2 Å². The van der Waals surface area contributed by atoms with Gasteiger partial charge in [-0.05, 0) is 31.6 Å². The number of nitrogens with two attached hydrogens (primary N) is 1. The molecule has 98 valence electrons. The summed E-state index contributed by atoms with van der Waals surface area (Å²) >= 11 is 0. The third-order valence-corrected chi connectivity index (χ3v) is 4.13. The summed E-state index contributed by atoms with van der Waals surface area (Å²) in [7, 11) is 1.72. The lowest BCUT2D eigenvalue weighted by atomic mass is 9.93. The molecule has 0 aromatic carbocycles. The molecule has 0 spiro atoms. The summed E-state index contributed by atoms with van der Waals surface area (Å²) in [6.07, 6.45) is 6.15. The van der Waals surface area contributed by atoms with Gasteiger partial charge in [-0.25, -0.2) is 0 Å². The van der Waals surface area contributed by atoms with Gasteiger partial charge < -0.3 is 15.4 Å². The highest BCUT2D eigenvalue weighted by Crippen LogP contribution is 2.30. The van der Waals surface area contributed by atoms with Gasteiger partial charge in [0.15, 0.2) is 0 Å². The Morgan fingerprint density at radius 1 is 1.41 bits per heavy atom. The Labute approximate surface area is 103 Å². The van der Waals surface area contributed by atoms with Gasteiger partial charge in [-0.3, -0.25) is 4.79 Å². The van der Waals surface area contributed by atoms with Crippen molar-refractivity contribution in [2.24, 2.45) is 11.7 Å². The van der Waals surface area contributed by atoms with Gasteiger partial charge in [0.25, 0.3) is 0 Å². The Balaban J connectivity index is 1.94. The third kappa shape index (κ3) is 2.80. The molecule has 2 aliphatic rings. The van der Waals surface area contributed by atoms with Crippen LogP contribution in [0.3, 0.4) is 0 Å². The number of hydrogen-bond donors (Lipinski definition) is 1. The Morgan fingerprint density at radius 3 is 2.76 bits per heavy atom. The molecule has 1 unspecified atom stereocenters. The number of amides is 1. The minimum absolute atomic E-state index is 0.177. The number of likely N-dealkylation sites (tertiary alicyclic amines) is 1. The molecule has 1 atom stereocenters. The van der Waals surface area contributed by atoms with Crippen LogP contribution in [0.1, 0.15) is 38.5 Å². The van der Waals surface area contributed by atoms with Gasteiger partial charge in [-0.1, -0.05) is 12.8 Å². The number of carbonyl (C=O) groups is 1. The van der Waals surface area contributed by atoms with Crippen LogP contribution >= 0.6 is 0 Å². The molecule has 1 amide bonds. The third-order valence-electron chi connectivity index (χ3n) is 4.13. The van der Waals surface area contributed by atoms with Gasteiger partial charge >= 0.3 is 0 Å². The minimum atomic E-state index is -0.561. The maximum absolute atomic E-state index is 12.4. The Bertz CT molecular complexity index is 273. The van der Waals surface area contributed by atoms with Crippen molar-refractivity contribution < 1.29 is 9.53 Å². The molecular weight excluding hydrogens is 216 g/mol. The highest BCUT2D eigenvalue weighted by Gasteiger charge is 2.40. The number of ether oxygens (including phenoxy) is 1. The zero-order valence-electron chi connectivity index (χ0n) is 10.8. The van der Waals surface area contributed by atoms with Crippen LogP contribution < -0.4 is 5.73 Å². The van der Waals surface area contributed by atoms with Crippen molar-refractivity contribution in [2.75, 3.05) is 26.8 Å². The van der Waals surface area contributed by atoms with Gasteiger partial charge in [-0.2, -0.15) is 0 Å².